The van der Waals surface area contributed by atoms with E-state index in [0.29, 0.717) is 24.2 Å². The van der Waals surface area contributed by atoms with Gasteiger partial charge in [-0.2, -0.15) is 5.26 Å². The normalized spacial score (nSPS) is 23.8. The molecule has 2 atom stereocenters. The fraction of sp³-hybridized carbons (Fsp3) is 0.375. The lowest BCUT2D eigenvalue weighted by Gasteiger charge is -2.44. The molecular weight excluding hydrogens is 296 g/mol. The Morgan fingerprint density at radius 1 is 1.26 bits per heavy atom. The maximum Gasteiger partial charge on any atom is 0.253 e. The molecule has 0 bridgehead atoms. The van der Waals surface area contributed by atoms with Crippen LogP contribution in [0.3, 0.4) is 0 Å². The number of hydrogen-bond donors (Lipinski definition) is 1. The van der Waals surface area contributed by atoms with E-state index >= 15 is 0 Å². The van der Waals surface area contributed by atoms with Crippen LogP contribution in [-0.4, -0.2) is 59.2 Å². The van der Waals surface area contributed by atoms with Crippen molar-refractivity contribution < 1.29 is 14.4 Å². The van der Waals surface area contributed by atoms with Crippen molar-refractivity contribution in [1.29, 1.82) is 5.26 Å². The molecule has 118 valence electrons. The van der Waals surface area contributed by atoms with Gasteiger partial charge < -0.3 is 15.1 Å². The van der Waals surface area contributed by atoms with Gasteiger partial charge in [0.1, 0.15) is 12.1 Å². The monoisotopic (exact) mass is 312 g/mol. The lowest BCUT2D eigenvalue weighted by Crippen LogP contribution is -2.69. The molecule has 7 heteroatoms. The van der Waals surface area contributed by atoms with Crippen LogP contribution in [0, 0.1) is 11.3 Å². The molecule has 3 rings (SSSR count). The third-order valence-corrected chi connectivity index (χ3v) is 4.24. The summed E-state index contributed by atoms with van der Waals surface area (Å²) in [5.74, 6) is -0.539. The molecule has 0 aromatic heterocycles. The van der Waals surface area contributed by atoms with Gasteiger partial charge in [-0.3, -0.25) is 14.4 Å². The van der Waals surface area contributed by atoms with Crippen LogP contribution in [0.4, 0.5) is 0 Å². The first-order chi connectivity index (χ1) is 11.0. The largest absolute Gasteiger partial charge is 0.343 e. The number of fused-ring (bicyclic) bond motifs is 1. The maximum atomic E-state index is 12.5. The average molecular weight is 312 g/mol. The SMILES string of the molecule is C[C@H]1NC(=O)[C@H]2CN(C(=O)c3ccc(C#N)cc3)CCN2C1=O. The minimum absolute atomic E-state index is 0.111. The minimum Gasteiger partial charge on any atom is -0.343 e. The number of benzene rings is 1. The van der Waals surface area contributed by atoms with Gasteiger partial charge in [0.25, 0.3) is 5.91 Å². The number of piperazine rings is 2. The smallest absolute Gasteiger partial charge is 0.253 e. The second kappa shape index (κ2) is 5.72. The third kappa shape index (κ3) is 2.63. The van der Waals surface area contributed by atoms with Gasteiger partial charge in [-0.25, -0.2) is 0 Å². The fourth-order valence-corrected chi connectivity index (χ4v) is 2.95. The minimum atomic E-state index is -0.630. The summed E-state index contributed by atoms with van der Waals surface area (Å²) in [6.45, 7) is 2.58. The van der Waals surface area contributed by atoms with Crippen molar-refractivity contribution in [1.82, 2.24) is 15.1 Å². The number of carbonyl (C=O) groups excluding carboxylic acids is 3. The lowest BCUT2D eigenvalue weighted by atomic mass is 10.0. The molecule has 3 amide bonds. The summed E-state index contributed by atoms with van der Waals surface area (Å²) < 4.78 is 0. The van der Waals surface area contributed by atoms with Crippen LogP contribution in [0.15, 0.2) is 24.3 Å². The van der Waals surface area contributed by atoms with E-state index < -0.39 is 12.1 Å². The van der Waals surface area contributed by atoms with E-state index in [1.54, 1.807) is 41.0 Å². The number of rotatable bonds is 1. The van der Waals surface area contributed by atoms with Crippen molar-refractivity contribution in [2.24, 2.45) is 0 Å². The Balaban J connectivity index is 1.75. The highest BCUT2D eigenvalue weighted by atomic mass is 16.2. The molecule has 2 aliphatic heterocycles. The van der Waals surface area contributed by atoms with E-state index in [2.05, 4.69) is 5.32 Å². The van der Waals surface area contributed by atoms with Gasteiger partial charge >= 0.3 is 0 Å². The summed E-state index contributed by atoms with van der Waals surface area (Å²) in [6, 6.07) is 7.23. The van der Waals surface area contributed by atoms with Crippen molar-refractivity contribution in [3.8, 4) is 6.07 Å². The van der Waals surface area contributed by atoms with Gasteiger partial charge in [-0.1, -0.05) is 0 Å². The maximum absolute atomic E-state index is 12.5. The standard InChI is InChI=1S/C16H16N4O3/c1-10-15(22)20-7-6-19(9-13(20)14(21)18-10)16(23)12-4-2-11(8-17)3-5-12/h2-5,10,13H,6-7,9H2,1H3,(H,18,21)/t10-,13-/m1/s1. The van der Waals surface area contributed by atoms with Crippen LogP contribution < -0.4 is 5.32 Å². The van der Waals surface area contributed by atoms with E-state index in [-0.39, 0.29) is 24.3 Å². The third-order valence-electron chi connectivity index (χ3n) is 4.24. The topological polar surface area (TPSA) is 93.5 Å². The summed E-state index contributed by atoms with van der Waals surface area (Å²) in [4.78, 5) is 39.8. The molecule has 0 saturated carbocycles. The van der Waals surface area contributed by atoms with E-state index in [0.717, 1.165) is 0 Å². The summed E-state index contributed by atoms with van der Waals surface area (Å²) >= 11 is 0. The van der Waals surface area contributed by atoms with Crippen LogP contribution >= 0.6 is 0 Å². The van der Waals surface area contributed by atoms with Crippen molar-refractivity contribution in [2.45, 2.75) is 19.0 Å². The van der Waals surface area contributed by atoms with Crippen molar-refractivity contribution in [3.63, 3.8) is 0 Å². The first-order valence-corrected chi connectivity index (χ1v) is 7.41. The number of carbonyl (C=O) groups is 3. The number of nitrogens with one attached hydrogen (secondary N) is 1. The van der Waals surface area contributed by atoms with E-state index in [1.165, 1.54) is 0 Å². The van der Waals surface area contributed by atoms with Crippen molar-refractivity contribution >= 4 is 17.7 Å². The fourth-order valence-electron chi connectivity index (χ4n) is 2.95. The zero-order chi connectivity index (χ0) is 16.6. The molecule has 7 nitrogen and oxygen atoms in total. The first-order valence-electron chi connectivity index (χ1n) is 7.41. The van der Waals surface area contributed by atoms with E-state index in [1.807, 2.05) is 6.07 Å². The summed E-state index contributed by atoms with van der Waals surface area (Å²) in [6.07, 6.45) is 0. The van der Waals surface area contributed by atoms with Crippen molar-refractivity contribution in [2.75, 3.05) is 19.6 Å². The summed E-state index contributed by atoms with van der Waals surface area (Å²) in [5, 5.41) is 11.4. The Morgan fingerprint density at radius 3 is 2.61 bits per heavy atom. The molecule has 0 aliphatic carbocycles. The van der Waals surface area contributed by atoms with Gasteiger partial charge in [-0.15, -0.1) is 0 Å². The molecular formula is C16H16N4O3. The van der Waals surface area contributed by atoms with Crippen LogP contribution in [-0.2, 0) is 9.59 Å². The second-order valence-electron chi connectivity index (χ2n) is 5.72. The molecule has 1 aromatic rings. The Kier molecular flexibility index (Phi) is 3.74. The zero-order valence-electron chi connectivity index (χ0n) is 12.7. The first kappa shape index (κ1) is 15.0. The number of nitriles is 1. The van der Waals surface area contributed by atoms with Crippen LogP contribution in [0.1, 0.15) is 22.8 Å². The average Bonchev–Trinajstić information content (AvgIpc) is 2.59. The van der Waals surface area contributed by atoms with Crippen LogP contribution in [0.2, 0.25) is 0 Å². The van der Waals surface area contributed by atoms with Crippen LogP contribution in [0.5, 0.6) is 0 Å². The van der Waals surface area contributed by atoms with Gasteiger partial charge in [0.2, 0.25) is 11.8 Å². The molecule has 2 fully saturated rings. The van der Waals surface area contributed by atoms with Gasteiger partial charge in [0.05, 0.1) is 18.2 Å². The van der Waals surface area contributed by atoms with E-state index in [4.69, 9.17) is 5.26 Å². The highest BCUT2D eigenvalue weighted by Crippen LogP contribution is 2.18. The Hall–Kier alpha value is -2.88. The molecule has 0 spiro atoms. The quantitative estimate of drug-likeness (QED) is 0.772. The van der Waals surface area contributed by atoms with Gasteiger partial charge in [0, 0.05) is 18.7 Å². The zero-order valence-corrected chi connectivity index (χ0v) is 12.7. The van der Waals surface area contributed by atoms with Gasteiger partial charge in [0.15, 0.2) is 0 Å². The summed E-state index contributed by atoms with van der Waals surface area (Å²) in [7, 11) is 0. The number of nitrogens with zero attached hydrogens (tertiary/aromatic N) is 3. The Labute approximate surface area is 133 Å². The Morgan fingerprint density at radius 2 is 1.96 bits per heavy atom. The molecule has 23 heavy (non-hydrogen) atoms. The number of amides is 3. The van der Waals surface area contributed by atoms with Crippen molar-refractivity contribution in [3.05, 3.63) is 35.4 Å². The number of hydrogen-bond acceptors (Lipinski definition) is 4. The molecule has 0 unspecified atom stereocenters. The Bertz CT molecular complexity index is 707. The molecule has 1 aromatic carbocycles. The predicted molar refractivity (Wildman–Crippen MR) is 80.2 cm³/mol. The predicted octanol–water partition coefficient (Wildman–Crippen LogP) is -0.270. The summed E-state index contributed by atoms with van der Waals surface area (Å²) in [5.41, 5.74) is 0.950. The molecule has 1 N–H and O–H groups in total. The second-order valence-corrected chi connectivity index (χ2v) is 5.72. The molecule has 2 heterocycles. The van der Waals surface area contributed by atoms with Crippen LogP contribution in [0.25, 0.3) is 0 Å². The van der Waals surface area contributed by atoms with Gasteiger partial charge in [-0.05, 0) is 31.2 Å². The highest BCUT2D eigenvalue weighted by molar-refractivity contribution is 5.99. The highest BCUT2D eigenvalue weighted by Gasteiger charge is 2.42. The molecule has 0 radical (unpaired) electrons. The molecule has 2 aliphatic rings. The molecule has 2 saturated heterocycles. The lowest BCUT2D eigenvalue weighted by molar-refractivity contribution is -0.151. The van der Waals surface area contributed by atoms with E-state index in [9.17, 15) is 14.4 Å².